The summed E-state index contributed by atoms with van der Waals surface area (Å²) in [6.07, 6.45) is 4.78. The Morgan fingerprint density at radius 2 is 2.09 bits per heavy atom. The molecule has 0 amide bonds. The number of ether oxygens (including phenoxy) is 3. The normalized spacial score (nSPS) is 34.4. The van der Waals surface area contributed by atoms with Gasteiger partial charge in [-0.2, -0.15) is 0 Å². The van der Waals surface area contributed by atoms with Crippen LogP contribution in [0.3, 0.4) is 0 Å². The number of aliphatic hydroxyl groups excluding tert-OH is 1. The minimum absolute atomic E-state index is 0.00644. The monoisotopic (exact) mass is 315 g/mol. The van der Waals surface area contributed by atoms with Gasteiger partial charge in [-0.3, -0.25) is 4.90 Å². The van der Waals surface area contributed by atoms with Crippen LogP contribution in [-0.4, -0.2) is 48.6 Å². The van der Waals surface area contributed by atoms with Crippen molar-refractivity contribution in [2.24, 2.45) is 0 Å². The number of nitrogens with zero attached hydrogens (tertiary/aromatic N) is 1. The van der Waals surface area contributed by atoms with Gasteiger partial charge in [-0.15, -0.1) is 0 Å². The molecule has 0 aromatic heterocycles. The summed E-state index contributed by atoms with van der Waals surface area (Å²) in [5.41, 5.74) is 2.33. The number of hydrogen-bond acceptors (Lipinski definition) is 5. The lowest BCUT2D eigenvalue weighted by Crippen LogP contribution is -2.46. The summed E-state index contributed by atoms with van der Waals surface area (Å²) in [4.78, 5) is 2.53. The zero-order valence-electron chi connectivity index (χ0n) is 13.2. The molecular formula is C18H21NO4. The molecule has 4 aliphatic rings. The molecule has 1 aliphatic carbocycles. The zero-order valence-corrected chi connectivity index (χ0v) is 13.2. The van der Waals surface area contributed by atoms with E-state index in [4.69, 9.17) is 14.2 Å². The van der Waals surface area contributed by atoms with Crippen molar-refractivity contribution >= 4 is 0 Å². The van der Waals surface area contributed by atoms with Crippen LogP contribution in [0.1, 0.15) is 29.9 Å². The molecule has 5 nitrogen and oxygen atoms in total. The van der Waals surface area contributed by atoms with Crippen LogP contribution in [0.4, 0.5) is 0 Å². The molecule has 0 bridgehead atoms. The molecule has 3 aliphatic heterocycles. The molecule has 0 radical (unpaired) electrons. The number of rotatable bonds is 1. The Kier molecular flexibility index (Phi) is 2.77. The lowest BCUT2D eigenvalue weighted by Gasteiger charge is -2.38. The first kappa shape index (κ1) is 13.7. The van der Waals surface area contributed by atoms with Gasteiger partial charge in [-0.1, -0.05) is 0 Å². The second kappa shape index (κ2) is 4.65. The molecule has 3 heterocycles. The fourth-order valence-electron chi connectivity index (χ4n) is 4.99. The van der Waals surface area contributed by atoms with E-state index in [2.05, 4.69) is 23.1 Å². The van der Waals surface area contributed by atoms with Gasteiger partial charge in [-0.25, -0.2) is 0 Å². The van der Waals surface area contributed by atoms with Crippen LogP contribution in [0.5, 0.6) is 11.5 Å². The molecule has 5 heteroatoms. The molecule has 1 aromatic carbocycles. The molecule has 1 unspecified atom stereocenters. The minimum Gasteiger partial charge on any atom is -0.499 e. The van der Waals surface area contributed by atoms with Crippen molar-refractivity contribution in [1.82, 2.24) is 4.90 Å². The summed E-state index contributed by atoms with van der Waals surface area (Å²) in [5.74, 6) is 2.33. The standard InChI is InChI=1S/C18H21NO4/c1-21-15-9-18-4-2-5-19(18)6-3-11-7-13-14(23-10-22-13)8-12(11)16(18)17(15)20/h7-9,16-17,20H,2-6,10H2,1H3/t16?,17-,18+/m1/s1. The van der Waals surface area contributed by atoms with Crippen molar-refractivity contribution in [2.45, 2.75) is 36.8 Å². The van der Waals surface area contributed by atoms with Gasteiger partial charge in [0.15, 0.2) is 11.5 Å². The molecule has 3 atom stereocenters. The second-order valence-electron chi connectivity index (χ2n) is 6.91. The van der Waals surface area contributed by atoms with E-state index < -0.39 is 6.10 Å². The Balaban J connectivity index is 1.70. The number of benzene rings is 1. The average molecular weight is 315 g/mol. The molecule has 5 rings (SSSR count). The van der Waals surface area contributed by atoms with Crippen molar-refractivity contribution in [3.63, 3.8) is 0 Å². The third-order valence-electron chi connectivity index (χ3n) is 5.99. The maximum absolute atomic E-state index is 11.0. The minimum atomic E-state index is -0.599. The molecular weight excluding hydrogens is 294 g/mol. The molecule has 0 saturated carbocycles. The summed E-state index contributed by atoms with van der Waals surface area (Å²) in [5, 5.41) is 11.0. The fourth-order valence-corrected chi connectivity index (χ4v) is 4.99. The van der Waals surface area contributed by atoms with Crippen molar-refractivity contribution in [1.29, 1.82) is 0 Å². The predicted octanol–water partition coefficient (Wildman–Crippen LogP) is 1.79. The van der Waals surface area contributed by atoms with Gasteiger partial charge in [0.2, 0.25) is 6.79 Å². The van der Waals surface area contributed by atoms with Crippen LogP contribution in [0.25, 0.3) is 0 Å². The highest BCUT2D eigenvalue weighted by molar-refractivity contribution is 5.54. The van der Waals surface area contributed by atoms with E-state index in [9.17, 15) is 5.11 Å². The Morgan fingerprint density at radius 3 is 2.91 bits per heavy atom. The van der Waals surface area contributed by atoms with Crippen molar-refractivity contribution in [3.05, 3.63) is 35.1 Å². The molecule has 1 fully saturated rings. The zero-order chi connectivity index (χ0) is 15.6. The van der Waals surface area contributed by atoms with E-state index in [-0.39, 0.29) is 18.2 Å². The Bertz CT molecular complexity index is 701. The van der Waals surface area contributed by atoms with E-state index in [1.807, 2.05) is 0 Å². The van der Waals surface area contributed by atoms with Crippen molar-refractivity contribution < 1.29 is 19.3 Å². The first-order valence-electron chi connectivity index (χ1n) is 8.35. The Morgan fingerprint density at radius 1 is 1.26 bits per heavy atom. The number of methoxy groups -OCH3 is 1. The van der Waals surface area contributed by atoms with Gasteiger partial charge >= 0.3 is 0 Å². The van der Waals surface area contributed by atoms with Gasteiger partial charge in [-0.05, 0) is 55.1 Å². The maximum Gasteiger partial charge on any atom is 0.231 e. The first-order valence-corrected chi connectivity index (χ1v) is 8.35. The summed E-state index contributed by atoms with van der Waals surface area (Å²) in [6, 6.07) is 4.19. The van der Waals surface area contributed by atoms with E-state index in [0.29, 0.717) is 5.76 Å². The van der Waals surface area contributed by atoms with Gasteiger partial charge < -0.3 is 19.3 Å². The SMILES string of the molecule is COC1=C[C@]23CCCN2CCc2cc4c(cc2C3[C@@H]1O)OCO4. The maximum atomic E-state index is 11.0. The lowest BCUT2D eigenvalue weighted by atomic mass is 9.78. The first-order chi connectivity index (χ1) is 11.2. The van der Waals surface area contributed by atoms with E-state index >= 15 is 0 Å². The van der Waals surface area contributed by atoms with Gasteiger partial charge in [0.05, 0.1) is 12.6 Å². The topological polar surface area (TPSA) is 51.2 Å². The highest BCUT2D eigenvalue weighted by Gasteiger charge is 2.56. The molecule has 122 valence electrons. The number of hydrogen-bond donors (Lipinski definition) is 1. The largest absolute Gasteiger partial charge is 0.499 e. The lowest BCUT2D eigenvalue weighted by molar-refractivity contribution is 0.0782. The Hall–Kier alpha value is -1.72. The molecule has 1 saturated heterocycles. The van der Waals surface area contributed by atoms with Gasteiger partial charge in [0.25, 0.3) is 0 Å². The van der Waals surface area contributed by atoms with Crippen LogP contribution < -0.4 is 9.47 Å². The van der Waals surface area contributed by atoms with Crippen LogP contribution >= 0.6 is 0 Å². The Labute approximate surface area is 135 Å². The highest BCUT2D eigenvalue weighted by Crippen LogP contribution is 2.54. The highest BCUT2D eigenvalue weighted by atomic mass is 16.7. The van der Waals surface area contributed by atoms with E-state index in [1.165, 1.54) is 11.1 Å². The summed E-state index contributed by atoms with van der Waals surface area (Å²) >= 11 is 0. The van der Waals surface area contributed by atoms with E-state index in [1.54, 1.807) is 7.11 Å². The van der Waals surface area contributed by atoms with Crippen molar-refractivity contribution in [2.75, 3.05) is 27.0 Å². The average Bonchev–Trinajstić information content (AvgIpc) is 3.21. The number of aliphatic hydroxyl groups is 1. The fraction of sp³-hybridized carbons (Fsp3) is 0.556. The van der Waals surface area contributed by atoms with Gasteiger partial charge in [0.1, 0.15) is 11.9 Å². The molecule has 1 N–H and O–H groups in total. The smallest absolute Gasteiger partial charge is 0.231 e. The third kappa shape index (κ3) is 1.69. The quantitative estimate of drug-likeness (QED) is 0.856. The second-order valence-corrected chi connectivity index (χ2v) is 6.91. The van der Waals surface area contributed by atoms with Crippen LogP contribution in [0.2, 0.25) is 0 Å². The molecule has 23 heavy (non-hydrogen) atoms. The van der Waals surface area contributed by atoms with Crippen LogP contribution in [-0.2, 0) is 11.2 Å². The summed E-state index contributed by atoms with van der Waals surface area (Å²) in [6.45, 7) is 2.37. The van der Waals surface area contributed by atoms with Crippen molar-refractivity contribution in [3.8, 4) is 11.5 Å². The molecule has 1 aromatic rings. The predicted molar refractivity (Wildman–Crippen MR) is 83.6 cm³/mol. The van der Waals surface area contributed by atoms with E-state index in [0.717, 1.165) is 43.9 Å². The van der Waals surface area contributed by atoms with Crippen LogP contribution in [0, 0.1) is 0 Å². The number of fused-ring (bicyclic) bond motifs is 3. The summed E-state index contributed by atoms with van der Waals surface area (Å²) < 4.78 is 16.6. The third-order valence-corrected chi connectivity index (χ3v) is 5.99. The summed E-state index contributed by atoms with van der Waals surface area (Å²) in [7, 11) is 1.65. The molecule has 1 spiro atoms. The van der Waals surface area contributed by atoms with Gasteiger partial charge in [0, 0.05) is 12.5 Å². The van der Waals surface area contributed by atoms with Crippen LogP contribution in [0.15, 0.2) is 24.0 Å².